The Morgan fingerprint density at radius 1 is 1.30 bits per heavy atom. The molecular formula is C18H30F3NO. The lowest BCUT2D eigenvalue weighted by Gasteiger charge is -2.28. The standard InChI is InChI=1S/C8H9FO.C7H13F2N.C3H8/c1-6-3-4-7(10-2)5-8(6)9;1-10-6-3-2-4-7(8,9)5-6;1-3-2/h3-5H,1-2H3;6,10H,2-5H2,1H3;3H2,1-2H3. The van der Waals surface area contributed by atoms with E-state index in [0.717, 1.165) is 6.42 Å². The van der Waals surface area contributed by atoms with Gasteiger partial charge >= 0.3 is 0 Å². The number of alkyl halides is 2. The van der Waals surface area contributed by atoms with Crippen molar-refractivity contribution in [3.8, 4) is 5.75 Å². The highest BCUT2D eigenvalue weighted by molar-refractivity contribution is 5.27. The van der Waals surface area contributed by atoms with Crippen LogP contribution in [0.1, 0.15) is 51.5 Å². The molecule has 1 aromatic carbocycles. The van der Waals surface area contributed by atoms with Crippen LogP contribution in [-0.2, 0) is 0 Å². The molecule has 134 valence electrons. The maximum absolute atomic E-state index is 12.7. The Balaban J connectivity index is 0.000000360. The van der Waals surface area contributed by atoms with E-state index >= 15 is 0 Å². The second-order valence-electron chi connectivity index (χ2n) is 5.76. The smallest absolute Gasteiger partial charge is 0.249 e. The van der Waals surface area contributed by atoms with E-state index in [9.17, 15) is 13.2 Å². The summed E-state index contributed by atoms with van der Waals surface area (Å²) in [6.07, 6.45) is 2.89. The SMILES string of the molecule is CCC.CNC1CCCC(F)(F)C1.COc1ccc(C)c(F)c1. The highest BCUT2D eigenvalue weighted by Gasteiger charge is 2.35. The maximum atomic E-state index is 12.7. The molecule has 0 bridgehead atoms. The van der Waals surface area contributed by atoms with E-state index < -0.39 is 5.92 Å². The van der Waals surface area contributed by atoms with Crippen molar-refractivity contribution in [1.29, 1.82) is 0 Å². The fourth-order valence-corrected chi connectivity index (χ4v) is 2.12. The third-order valence-electron chi connectivity index (χ3n) is 3.43. The van der Waals surface area contributed by atoms with Gasteiger partial charge in [-0.25, -0.2) is 13.2 Å². The van der Waals surface area contributed by atoms with Gasteiger partial charge in [-0.3, -0.25) is 0 Å². The molecule has 1 N–H and O–H groups in total. The minimum atomic E-state index is -2.41. The second-order valence-corrected chi connectivity index (χ2v) is 5.76. The molecule has 0 aliphatic heterocycles. The van der Waals surface area contributed by atoms with E-state index in [4.69, 9.17) is 4.74 Å². The maximum Gasteiger partial charge on any atom is 0.249 e. The van der Waals surface area contributed by atoms with Crippen LogP contribution in [0.3, 0.4) is 0 Å². The zero-order valence-electron chi connectivity index (χ0n) is 14.9. The van der Waals surface area contributed by atoms with Crippen LogP contribution in [0, 0.1) is 12.7 Å². The predicted molar refractivity (Wildman–Crippen MR) is 89.9 cm³/mol. The molecule has 2 rings (SSSR count). The summed E-state index contributed by atoms with van der Waals surface area (Å²) in [5.41, 5.74) is 0.640. The van der Waals surface area contributed by atoms with Gasteiger partial charge in [0.1, 0.15) is 11.6 Å². The molecule has 2 nitrogen and oxygen atoms in total. The topological polar surface area (TPSA) is 21.3 Å². The third kappa shape index (κ3) is 9.49. The van der Waals surface area contributed by atoms with E-state index in [1.54, 1.807) is 26.1 Å². The summed E-state index contributed by atoms with van der Waals surface area (Å²) in [5, 5.41) is 2.88. The molecule has 0 saturated heterocycles. The molecule has 1 atom stereocenters. The summed E-state index contributed by atoms with van der Waals surface area (Å²) in [5.74, 6) is -2.08. The van der Waals surface area contributed by atoms with Gasteiger partial charge in [-0.2, -0.15) is 0 Å². The molecule has 0 radical (unpaired) electrons. The van der Waals surface area contributed by atoms with E-state index in [0.29, 0.717) is 17.7 Å². The number of benzene rings is 1. The van der Waals surface area contributed by atoms with E-state index in [2.05, 4.69) is 19.2 Å². The minimum Gasteiger partial charge on any atom is -0.497 e. The number of hydrogen-bond acceptors (Lipinski definition) is 2. The molecule has 0 spiro atoms. The predicted octanol–water partition coefficient (Wildman–Crippen LogP) is 5.34. The van der Waals surface area contributed by atoms with Crippen LogP contribution in [0.25, 0.3) is 0 Å². The summed E-state index contributed by atoms with van der Waals surface area (Å²) in [4.78, 5) is 0. The van der Waals surface area contributed by atoms with E-state index in [1.807, 2.05) is 0 Å². The summed E-state index contributed by atoms with van der Waals surface area (Å²) in [6.45, 7) is 5.97. The number of methoxy groups -OCH3 is 1. The molecule has 0 aromatic heterocycles. The highest BCUT2D eigenvalue weighted by Crippen LogP contribution is 2.32. The van der Waals surface area contributed by atoms with Crippen molar-refractivity contribution in [3.63, 3.8) is 0 Å². The van der Waals surface area contributed by atoms with Crippen molar-refractivity contribution in [1.82, 2.24) is 5.32 Å². The molecule has 0 heterocycles. The van der Waals surface area contributed by atoms with Gasteiger partial charge in [0.05, 0.1) is 7.11 Å². The molecule has 0 amide bonds. The number of ether oxygens (including phenoxy) is 1. The van der Waals surface area contributed by atoms with Crippen LogP contribution in [0.4, 0.5) is 13.2 Å². The van der Waals surface area contributed by atoms with Crippen LogP contribution in [0.15, 0.2) is 18.2 Å². The molecule has 5 heteroatoms. The van der Waals surface area contributed by atoms with Gasteiger partial charge in [0.15, 0.2) is 0 Å². The second kappa shape index (κ2) is 11.3. The molecular weight excluding hydrogens is 303 g/mol. The van der Waals surface area contributed by atoms with Crippen molar-refractivity contribution in [2.75, 3.05) is 14.2 Å². The van der Waals surface area contributed by atoms with Gasteiger partial charge < -0.3 is 10.1 Å². The number of aryl methyl sites for hydroxylation is 1. The normalized spacial score (nSPS) is 18.9. The van der Waals surface area contributed by atoms with Crippen LogP contribution in [0.2, 0.25) is 0 Å². The van der Waals surface area contributed by atoms with Crippen molar-refractivity contribution < 1.29 is 17.9 Å². The Morgan fingerprint density at radius 3 is 2.30 bits per heavy atom. The van der Waals surface area contributed by atoms with Gasteiger partial charge in [-0.05, 0) is 38.4 Å². The molecule has 1 aliphatic rings. The molecule has 1 aliphatic carbocycles. The Morgan fingerprint density at radius 2 is 1.91 bits per heavy atom. The van der Waals surface area contributed by atoms with Gasteiger partial charge in [0.2, 0.25) is 5.92 Å². The first kappa shape index (κ1) is 21.8. The zero-order valence-corrected chi connectivity index (χ0v) is 14.9. The van der Waals surface area contributed by atoms with Crippen LogP contribution >= 0.6 is 0 Å². The van der Waals surface area contributed by atoms with Gasteiger partial charge in [0, 0.05) is 24.9 Å². The Bertz CT molecular complexity index is 438. The van der Waals surface area contributed by atoms with Crippen molar-refractivity contribution in [2.45, 2.75) is 64.8 Å². The summed E-state index contributed by atoms with van der Waals surface area (Å²) in [7, 11) is 3.26. The first-order chi connectivity index (χ1) is 10.8. The minimum absolute atomic E-state index is 0.0174. The first-order valence-corrected chi connectivity index (χ1v) is 8.14. The van der Waals surface area contributed by atoms with Crippen LogP contribution < -0.4 is 10.1 Å². The molecule has 1 aromatic rings. The number of rotatable bonds is 2. The van der Waals surface area contributed by atoms with Crippen LogP contribution in [0.5, 0.6) is 5.75 Å². The molecule has 1 fully saturated rings. The summed E-state index contributed by atoms with van der Waals surface area (Å²) >= 11 is 0. The lowest BCUT2D eigenvalue weighted by molar-refractivity contribution is -0.0432. The molecule has 1 unspecified atom stereocenters. The molecule has 1 saturated carbocycles. The van der Waals surface area contributed by atoms with Gasteiger partial charge in [-0.15, -0.1) is 0 Å². The van der Waals surface area contributed by atoms with E-state index in [1.165, 1.54) is 19.6 Å². The van der Waals surface area contributed by atoms with Crippen LogP contribution in [-0.4, -0.2) is 26.1 Å². The Kier molecular flexibility index (Phi) is 10.7. The first-order valence-electron chi connectivity index (χ1n) is 8.14. The average molecular weight is 333 g/mol. The van der Waals surface area contributed by atoms with Gasteiger partial charge in [0.25, 0.3) is 0 Å². The fraction of sp³-hybridized carbons (Fsp3) is 0.667. The number of halogens is 3. The largest absolute Gasteiger partial charge is 0.497 e. The lowest BCUT2D eigenvalue weighted by atomic mass is 9.92. The molecule has 23 heavy (non-hydrogen) atoms. The lowest BCUT2D eigenvalue weighted by Crippen LogP contribution is -2.37. The van der Waals surface area contributed by atoms with Crippen molar-refractivity contribution in [2.24, 2.45) is 0 Å². The third-order valence-corrected chi connectivity index (χ3v) is 3.43. The number of nitrogens with one attached hydrogen (secondary N) is 1. The fourth-order valence-electron chi connectivity index (χ4n) is 2.12. The Labute approximate surface area is 138 Å². The van der Waals surface area contributed by atoms with E-state index in [-0.39, 0.29) is 24.7 Å². The highest BCUT2D eigenvalue weighted by atomic mass is 19.3. The zero-order chi connectivity index (χ0) is 17.9. The monoisotopic (exact) mass is 333 g/mol. The summed E-state index contributed by atoms with van der Waals surface area (Å²) in [6, 6.07) is 4.82. The quantitative estimate of drug-likeness (QED) is 0.788. The average Bonchev–Trinajstić information content (AvgIpc) is 2.50. The number of hydrogen-bond donors (Lipinski definition) is 1. The van der Waals surface area contributed by atoms with Crippen molar-refractivity contribution in [3.05, 3.63) is 29.6 Å². The van der Waals surface area contributed by atoms with Crippen molar-refractivity contribution >= 4 is 0 Å². The summed E-state index contributed by atoms with van der Waals surface area (Å²) < 4.78 is 42.7. The van der Waals surface area contributed by atoms with Gasteiger partial charge in [-0.1, -0.05) is 26.3 Å². The Hall–Kier alpha value is -1.23.